The lowest BCUT2D eigenvalue weighted by Crippen LogP contribution is -2.35. The Morgan fingerprint density at radius 1 is 1.00 bits per heavy atom. The van der Waals surface area contributed by atoms with Crippen molar-refractivity contribution in [1.82, 2.24) is 9.78 Å². The van der Waals surface area contributed by atoms with Gasteiger partial charge >= 0.3 is 6.18 Å². The maximum absolute atomic E-state index is 13.4. The summed E-state index contributed by atoms with van der Waals surface area (Å²) in [6, 6.07) is 0. The molecule has 23 heavy (non-hydrogen) atoms. The maximum Gasteiger partial charge on any atom is 0.434 e. The van der Waals surface area contributed by atoms with Gasteiger partial charge in [-0.05, 0) is 35.7 Å². The van der Waals surface area contributed by atoms with E-state index in [9.17, 15) is 13.2 Å². The van der Waals surface area contributed by atoms with Crippen molar-refractivity contribution in [2.24, 2.45) is 0 Å². The lowest BCUT2D eigenvalue weighted by Gasteiger charge is -2.32. The third kappa shape index (κ3) is 5.80. The summed E-state index contributed by atoms with van der Waals surface area (Å²) in [5.74, 6) is 0. The molecule has 0 aromatic carbocycles. The fourth-order valence-corrected chi connectivity index (χ4v) is 3.48. The molecule has 6 heteroatoms. The minimum atomic E-state index is -4.40. The molecular weight excluding hydrogens is 369 g/mol. The molecule has 0 amide bonds. The molecule has 0 radical (unpaired) electrons. The highest BCUT2D eigenvalue weighted by Crippen LogP contribution is 2.40. The number of unbranched alkanes of at least 4 members (excludes halogenated alkanes) is 5. The van der Waals surface area contributed by atoms with E-state index in [0.717, 1.165) is 44.9 Å². The Kier molecular flexibility index (Phi) is 8.11. The van der Waals surface area contributed by atoms with Crippen LogP contribution in [0.2, 0.25) is 0 Å². The van der Waals surface area contributed by atoms with Crippen LogP contribution in [0.5, 0.6) is 0 Å². The van der Waals surface area contributed by atoms with Gasteiger partial charge in [0, 0.05) is 0 Å². The fraction of sp³-hybridized carbons (Fsp3) is 0.824. The molecule has 134 valence electrons. The first kappa shape index (κ1) is 20.5. The highest BCUT2D eigenvalue weighted by atomic mass is 79.9. The van der Waals surface area contributed by atoms with E-state index in [1.54, 1.807) is 0 Å². The first-order chi connectivity index (χ1) is 10.8. The van der Waals surface area contributed by atoms with Crippen molar-refractivity contribution in [2.45, 2.75) is 90.3 Å². The van der Waals surface area contributed by atoms with Crippen LogP contribution in [0.25, 0.3) is 0 Å². The zero-order valence-electron chi connectivity index (χ0n) is 14.3. The summed E-state index contributed by atoms with van der Waals surface area (Å²) in [6.45, 7) is 6.13. The minimum absolute atomic E-state index is 0.0266. The Balaban J connectivity index is 2.97. The summed E-state index contributed by atoms with van der Waals surface area (Å²) in [7, 11) is 0. The van der Waals surface area contributed by atoms with Crippen molar-refractivity contribution < 1.29 is 13.2 Å². The quantitative estimate of drug-likeness (QED) is 0.392. The summed E-state index contributed by atoms with van der Waals surface area (Å²) in [5.41, 5.74) is -1.25. The van der Waals surface area contributed by atoms with Gasteiger partial charge in [-0.25, -0.2) is 0 Å². The van der Waals surface area contributed by atoms with E-state index >= 15 is 0 Å². The Bertz CT molecular complexity index is 471. The summed E-state index contributed by atoms with van der Waals surface area (Å²) in [6.07, 6.45) is 5.70. The predicted molar refractivity (Wildman–Crippen MR) is 91.5 cm³/mol. The van der Waals surface area contributed by atoms with E-state index in [1.807, 2.05) is 6.92 Å². The average Bonchev–Trinajstić information content (AvgIpc) is 2.87. The summed E-state index contributed by atoms with van der Waals surface area (Å²) >= 11 is 3.01. The molecule has 1 aromatic rings. The van der Waals surface area contributed by atoms with E-state index in [2.05, 4.69) is 34.9 Å². The van der Waals surface area contributed by atoms with Gasteiger partial charge < -0.3 is 0 Å². The van der Waals surface area contributed by atoms with Gasteiger partial charge in [-0.3, -0.25) is 4.68 Å². The largest absolute Gasteiger partial charge is 0.434 e. The highest BCUT2D eigenvalue weighted by Gasteiger charge is 2.42. The number of hydrogen-bond donors (Lipinski definition) is 0. The van der Waals surface area contributed by atoms with E-state index < -0.39 is 17.4 Å². The molecule has 1 rings (SSSR count). The van der Waals surface area contributed by atoms with Crippen LogP contribution in [0.15, 0.2) is 10.7 Å². The Morgan fingerprint density at radius 3 is 2.13 bits per heavy atom. The molecule has 0 aliphatic carbocycles. The normalized spacial score (nSPS) is 14.9. The van der Waals surface area contributed by atoms with Crippen molar-refractivity contribution in [3.63, 3.8) is 0 Å². The first-order valence-electron chi connectivity index (χ1n) is 8.57. The second kappa shape index (κ2) is 9.09. The third-order valence-corrected chi connectivity index (χ3v) is 4.97. The molecule has 0 saturated heterocycles. The van der Waals surface area contributed by atoms with Crippen LogP contribution in [0, 0.1) is 0 Å². The number of rotatable bonds is 10. The van der Waals surface area contributed by atoms with Crippen molar-refractivity contribution in [3.05, 3.63) is 16.4 Å². The molecule has 1 heterocycles. The molecule has 0 aliphatic heterocycles. The van der Waals surface area contributed by atoms with Gasteiger partial charge in [-0.2, -0.15) is 18.3 Å². The Morgan fingerprint density at radius 2 is 1.57 bits per heavy atom. The molecule has 0 N–H and O–H groups in total. The van der Waals surface area contributed by atoms with Crippen LogP contribution in [-0.2, 0) is 11.7 Å². The zero-order valence-corrected chi connectivity index (χ0v) is 15.9. The van der Waals surface area contributed by atoms with Crippen molar-refractivity contribution in [1.29, 1.82) is 0 Å². The number of hydrogen-bond acceptors (Lipinski definition) is 1. The van der Waals surface area contributed by atoms with Gasteiger partial charge in [-0.1, -0.05) is 58.8 Å². The van der Waals surface area contributed by atoms with E-state index in [4.69, 9.17) is 0 Å². The van der Waals surface area contributed by atoms with Crippen LogP contribution in [0.3, 0.4) is 0 Å². The summed E-state index contributed by atoms with van der Waals surface area (Å²) < 4.78 is 41.4. The van der Waals surface area contributed by atoms with E-state index in [-0.39, 0.29) is 4.47 Å². The SMILES string of the molecule is CCCCCCCC(C)(CCCC)n1ncc(Br)c1C(F)(F)F. The Hall–Kier alpha value is -0.520. The monoisotopic (exact) mass is 396 g/mol. The summed E-state index contributed by atoms with van der Waals surface area (Å²) in [5, 5.41) is 4.07. The van der Waals surface area contributed by atoms with Gasteiger partial charge in [0.2, 0.25) is 0 Å². The minimum Gasteiger partial charge on any atom is -0.254 e. The zero-order chi connectivity index (χ0) is 17.5. The van der Waals surface area contributed by atoms with Crippen molar-refractivity contribution in [2.75, 3.05) is 0 Å². The number of aromatic nitrogens is 2. The molecule has 1 atom stereocenters. The highest BCUT2D eigenvalue weighted by molar-refractivity contribution is 9.10. The van der Waals surface area contributed by atoms with E-state index in [0.29, 0.717) is 6.42 Å². The van der Waals surface area contributed by atoms with Crippen LogP contribution in [0.1, 0.15) is 84.3 Å². The molecule has 0 fully saturated rings. The molecule has 0 bridgehead atoms. The fourth-order valence-electron chi connectivity index (χ4n) is 3.00. The number of alkyl halides is 3. The molecular formula is C17H28BrF3N2. The van der Waals surface area contributed by atoms with Gasteiger partial charge in [-0.15, -0.1) is 0 Å². The van der Waals surface area contributed by atoms with Crippen molar-refractivity contribution >= 4 is 15.9 Å². The van der Waals surface area contributed by atoms with Crippen LogP contribution < -0.4 is 0 Å². The second-order valence-electron chi connectivity index (χ2n) is 6.52. The topological polar surface area (TPSA) is 17.8 Å². The average molecular weight is 397 g/mol. The predicted octanol–water partition coefficient (Wildman–Crippen LogP) is 6.93. The lowest BCUT2D eigenvalue weighted by atomic mass is 9.88. The molecule has 2 nitrogen and oxygen atoms in total. The Labute approximate surface area is 146 Å². The van der Waals surface area contributed by atoms with E-state index in [1.165, 1.54) is 17.3 Å². The second-order valence-corrected chi connectivity index (χ2v) is 7.37. The maximum atomic E-state index is 13.4. The van der Waals surface area contributed by atoms with Gasteiger partial charge in [0.25, 0.3) is 0 Å². The van der Waals surface area contributed by atoms with Crippen molar-refractivity contribution in [3.8, 4) is 0 Å². The standard InChI is InChI=1S/C17H28BrF3N2/c1-4-6-8-9-10-12-16(3,11-7-5-2)23-15(17(19,20)21)14(18)13-22-23/h13H,4-12H2,1-3H3. The third-order valence-electron chi connectivity index (χ3n) is 4.39. The first-order valence-corrected chi connectivity index (χ1v) is 9.36. The molecule has 0 saturated carbocycles. The van der Waals surface area contributed by atoms with Crippen LogP contribution >= 0.6 is 15.9 Å². The smallest absolute Gasteiger partial charge is 0.254 e. The lowest BCUT2D eigenvalue weighted by molar-refractivity contribution is -0.147. The number of nitrogens with zero attached hydrogens (tertiary/aromatic N) is 2. The van der Waals surface area contributed by atoms with Crippen LogP contribution in [0.4, 0.5) is 13.2 Å². The van der Waals surface area contributed by atoms with Gasteiger partial charge in [0.05, 0.1) is 16.2 Å². The molecule has 1 aromatic heterocycles. The van der Waals surface area contributed by atoms with Gasteiger partial charge in [0.1, 0.15) is 0 Å². The summed E-state index contributed by atoms with van der Waals surface area (Å²) in [4.78, 5) is 0. The molecule has 0 aliphatic rings. The van der Waals surface area contributed by atoms with Crippen LogP contribution in [-0.4, -0.2) is 9.78 Å². The molecule has 1 unspecified atom stereocenters. The number of halogens is 4. The molecule has 0 spiro atoms. The van der Waals surface area contributed by atoms with Gasteiger partial charge in [0.15, 0.2) is 5.69 Å².